The van der Waals surface area contributed by atoms with E-state index in [1.807, 2.05) is 0 Å². The van der Waals surface area contributed by atoms with E-state index < -0.39 is 10.1 Å². The van der Waals surface area contributed by atoms with Crippen LogP contribution < -0.4 is 0 Å². The zero-order valence-corrected chi connectivity index (χ0v) is 17.8. The van der Waals surface area contributed by atoms with Crippen LogP contribution in [0.2, 0.25) is 0 Å². The Labute approximate surface area is 164 Å². The van der Waals surface area contributed by atoms with Crippen LogP contribution in [-0.2, 0) is 14.3 Å². The Hall–Kier alpha value is 0.130. The number of rotatable bonds is 12. The van der Waals surface area contributed by atoms with Gasteiger partial charge in [0.15, 0.2) is 0 Å². The van der Waals surface area contributed by atoms with Gasteiger partial charge in [0.25, 0.3) is 10.1 Å². The van der Waals surface area contributed by atoms with Crippen LogP contribution in [0, 0.1) is 0 Å². The maximum absolute atomic E-state index is 12.3. The van der Waals surface area contributed by atoms with Crippen molar-refractivity contribution in [2.45, 2.75) is 82.6 Å². The van der Waals surface area contributed by atoms with Crippen LogP contribution in [0.15, 0.2) is 35.2 Å². The summed E-state index contributed by atoms with van der Waals surface area (Å²) in [5.41, 5.74) is 0. The van der Waals surface area contributed by atoms with Crippen molar-refractivity contribution in [1.29, 1.82) is 0 Å². The Bertz CT molecular complexity index is 488. The minimum absolute atomic E-state index is 0. The summed E-state index contributed by atoms with van der Waals surface area (Å²) in [5.74, 6) is 0. The van der Waals surface area contributed by atoms with E-state index in [4.69, 9.17) is 4.18 Å². The van der Waals surface area contributed by atoms with Crippen molar-refractivity contribution in [3.8, 4) is 0 Å². The molecule has 0 amide bonds. The molecule has 23 heavy (non-hydrogen) atoms. The molecule has 0 aliphatic carbocycles. The second-order valence-corrected chi connectivity index (χ2v) is 7.40. The average Bonchev–Trinajstić information content (AvgIpc) is 2.52. The first-order valence-electron chi connectivity index (χ1n) is 8.58. The van der Waals surface area contributed by atoms with Gasteiger partial charge in [-0.05, 0) is 25.0 Å². The summed E-state index contributed by atoms with van der Waals surface area (Å²) in [5, 5.41) is 0. The van der Waals surface area contributed by atoms with Gasteiger partial charge in [0.1, 0.15) is 0 Å². The van der Waals surface area contributed by atoms with Gasteiger partial charge >= 0.3 is 0 Å². The first kappa shape index (κ1) is 23.1. The molecule has 0 saturated heterocycles. The van der Waals surface area contributed by atoms with Crippen LogP contribution in [0.4, 0.5) is 0 Å². The monoisotopic (exact) mass is 349 g/mol. The van der Waals surface area contributed by atoms with Gasteiger partial charge < -0.3 is 0 Å². The fraction of sp³-hybridized carbons (Fsp3) is 0.667. The van der Waals surface area contributed by atoms with E-state index in [1.165, 1.54) is 19.3 Å². The molecule has 1 atom stereocenters. The molecule has 5 heteroatoms. The molecule has 127 valence electrons. The zero-order valence-electron chi connectivity index (χ0n) is 15.0. The van der Waals surface area contributed by atoms with E-state index in [0.29, 0.717) is 0 Å². The van der Waals surface area contributed by atoms with E-state index in [0.717, 1.165) is 38.5 Å². The Morgan fingerprint density at radius 3 is 2.04 bits per heavy atom. The maximum Gasteiger partial charge on any atom is 0.297 e. The van der Waals surface area contributed by atoms with Crippen molar-refractivity contribution >= 4 is 39.7 Å². The molecule has 0 aromatic heterocycles. The first-order chi connectivity index (χ1) is 10.6. The second kappa shape index (κ2) is 13.4. The smallest absolute Gasteiger partial charge is 0.263 e. The predicted molar refractivity (Wildman–Crippen MR) is 97.2 cm³/mol. The molecular formula is C18H30NaO3S. The molecule has 0 bridgehead atoms. The van der Waals surface area contributed by atoms with Crippen LogP contribution >= 0.6 is 0 Å². The zero-order chi connectivity index (χ0) is 16.3. The SMILES string of the molecule is CCCCCCCC(CCCC)OS(=O)(=O)c1ccccc1.[Na]. The maximum atomic E-state index is 12.3. The number of unbranched alkanes of at least 4 members (excludes halogenated alkanes) is 5. The third kappa shape index (κ3) is 9.88. The normalized spacial score (nSPS) is 12.6. The van der Waals surface area contributed by atoms with E-state index in [9.17, 15) is 8.42 Å². The van der Waals surface area contributed by atoms with Crippen LogP contribution in [0.25, 0.3) is 0 Å². The predicted octanol–water partition coefficient (Wildman–Crippen LogP) is 4.93. The van der Waals surface area contributed by atoms with Gasteiger partial charge in [-0.15, -0.1) is 0 Å². The van der Waals surface area contributed by atoms with Crippen LogP contribution in [0.1, 0.15) is 71.6 Å². The largest absolute Gasteiger partial charge is 0.297 e. The van der Waals surface area contributed by atoms with E-state index in [-0.39, 0.29) is 40.6 Å². The fourth-order valence-electron chi connectivity index (χ4n) is 2.47. The van der Waals surface area contributed by atoms with Crippen molar-refractivity contribution in [1.82, 2.24) is 0 Å². The summed E-state index contributed by atoms with van der Waals surface area (Å²) in [6.45, 7) is 4.31. The fourth-order valence-corrected chi connectivity index (χ4v) is 3.62. The molecule has 0 aliphatic rings. The molecular weight excluding hydrogens is 319 g/mol. The first-order valence-corrected chi connectivity index (χ1v) is 9.99. The number of hydrogen-bond acceptors (Lipinski definition) is 3. The van der Waals surface area contributed by atoms with Crippen LogP contribution in [0.5, 0.6) is 0 Å². The van der Waals surface area contributed by atoms with Crippen LogP contribution in [0.3, 0.4) is 0 Å². The summed E-state index contributed by atoms with van der Waals surface area (Å²) in [4.78, 5) is 0.252. The molecule has 3 nitrogen and oxygen atoms in total. The number of hydrogen-bond donors (Lipinski definition) is 0. The van der Waals surface area contributed by atoms with Crippen molar-refractivity contribution in [3.63, 3.8) is 0 Å². The molecule has 0 aliphatic heterocycles. The minimum atomic E-state index is -3.64. The standard InChI is InChI=1S/C18H30O3S.Na/c1-3-5-7-8-10-14-17(13-6-4-2)21-22(19,20)18-15-11-9-12-16-18;/h9,11-12,15-17H,3-8,10,13-14H2,1-2H3;. The molecule has 0 N–H and O–H groups in total. The molecule has 0 saturated carbocycles. The van der Waals surface area contributed by atoms with Gasteiger partial charge in [0, 0.05) is 29.6 Å². The van der Waals surface area contributed by atoms with Gasteiger partial charge in [-0.3, -0.25) is 4.18 Å². The van der Waals surface area contributed by atoms with Crippen molar-refractivity contribution < 1.29 is 12.6 Å². The van der Waals surface area contributed by atoms with E-state index in [2.05, 4.69) is 13.8 Å². The quantitative estimate of drug-likeness (QED) is 0.305. The van der Waals surface area contributed by atoms with E-state index >= 15 is 0 Å². The van der Waals surface area contributed by atoms with Crippen molar-refractivity contribution in [3.05, 3.63) is 30.3 Å². The minimum Gasteiger partial charge on any atom is -0.263 e. The third-order valence-corrected chi connectivity index (χ3v) is 5.18. The van der Waals surface area contributed by atoms with Gasteiger partial charge in [-0.25, -0.2) is 0 Å². The third-order valence-electron chi connectivity index (χ3n) is 3.80. The molecule has 1 radical (unpaired) electrons. The Morgan fingerprint density at radius 2 is 1.43 bits per heavy atom. The van der Waals surface area contributed by atoms with Gasteiger partial charge in [-0.2, -0.15) is 8.42 Å². The molecule has 0 fully saturated rings. The Morgan fingerprint density at radius 1 is 0.870 bits per heavy atom. The van der Waals surface area contributed by atoms with E-state index in [1.54, 1.807) is 30.3 Å². The Kier molecular flexibility index (Phi) is 13.5. The Balaban J connectivity index is 0.00000484. The summed E-state index contributed by atoms with van der Waals surface area (Å²) in [6.07, 6.45) is 9.41. The molecule has 0 spiro atoms. The van der Waals surface area contributed by atoms with Gasteiger partial charge in [0.05, 0.1) is 11.0 Å². The van der Waals surface area contributed by atoms with Gasteiger partial charge in [-0.1, -0.05) is 77.0 Å². The molecule has 1 aromatic rings. The van der Waals surface area contributed by atoms with Gasteiger partial charge in [0.2, 0.25) is 0 Å². The van der Waals surface area contributed by atoms with Crippen LogP contribution in [-0.4, -0.2) is 44.1 Å². The molecule has 1 unspecified atom stereocenters. The molecule has 0 heterocycles. The second-order valence-electron chi connectivity index (χ2n) is 5.83. The molecule has 1 aromatic carbocycles. The summed E-state index contributed by atoms with van der Waals surface area (Å²) < 4.78 is 30.1. The summed E-state index contributed by atoms with van der Waals surface area (Å²) >= 11 is 0. The summed E-state index contributed by atoms with van der Waals surface area (Å²) in [6, 6.07) is 8.44. The van der Waals surface area contributed by atoms with Crippen molar-refractivity contribution in [2.24, 2.45) is 0 Å². The number of benzene rings is 1. The molecule has 1 rings (SSSR count). The topological polar surface area (TPSA) is 43.4 Å². The van der Waals surface area contributed by atoms with Crippen molar-refractivity contribution in [2.75, 3.05) is 0 Å². The summed E-state index contributed by atoms with van der Waals surface area (Å²) in [7, 11) is -3.64. The average molecular weight is 349 g/mol.